The van der Waals surface area contributed by atoms with Crippen molar-refractivity contribution in [3.8, 4) is 17.0 Å². The molecule has 4 heteroatoms. The van der Waals surface area contributed by atoms with Gasteiger partial charge in [0.2, 0.25) is 0 Å². The summed E-state index contributed by atoms with van der Waals surface area (Å²) in [5.41, 5.74) is 3.15. The molecule has 0 radical (unpaired) electrons. The summed E-state index contributed by atoms with van der Waals surface area (Å²) in [5.74, 6) is 1.75. The molecule has 0 atom stereocenters. The average Bonchev–Trinajstić information content (AvgIpc) is 3.02. The first kappa shape index (κ1) is 12.1. The van der Waals surface area contributed by atoms with Crippen LogP contribution in [-0.4, -0.2) is 23.9 Å². The van der Waals surface area contributed by atoms with E-state index < -0.39 is 0 Å². The molecule has 1 aromatic heterocycles. The predicted octanol–water partition coefficient (Wildman–Crippen LogP) is 3.27. The number of ether oxygens (including phenoxy) is 1. The Hall–Kier alpha value is -2.62. The van der Waals surface area contributed by atoms with E-state index in [0.717, 1.165) is 46.6 Å². The molecule has 104 valence electrons. The third-order valence-corrected chi connectivity index (χ3v) is 3.89. The van der Waals surface area contributed by atoms with Gasteiger partial charge in [0, 0.05) is 29.8 Å². The molecule has 0 bridgehead atoms. The second-order valence-corrected chi connectivity index (χ2v) is 5.09. The summed E-state index contributed by atoms with van der Waals surface area (Å²) < 4.78 is 5.81. The van der Waals surface area contributed by atoms with E-state index in [2.05, 4.69) is 45.8 Å². The first-order chi connectivity index (χ1) is 10.4. The molecular weight excluding hydrogens is 262 g/mol. The highest BCUT2D eigenvalue weighted by Crippen LogP contribution is 2.39. The molecule has 4 rings (SSSR count). The van der Waals surface area contributed by atoms with E-state index in [9.17, 15) is 0 Å². The van der Waals surface area contributed by atoms with E-state index >= 15 is 0 Å². The van der Waals surface area contributed by atoms with Gasteiger partial charge < -0.3 is 10.1 Å². The van der Waals surface area contributed by atoms with Gasteiger partial charge in [-0.25, -0.2) is 0 Å². The van der Waals surface area contributed by atoms with Crippen LogP contribution in [0.2, 0.25) is 0 Å². The van der Waals surface area contributed by atoms with Crippen molar-refractivity contribution in [1.82, 2.24) is 10.2 Å². The Morgan fingerprint density at radius 1 is 1.00 bits per heavy atom. The van der Waals surface area contributed by atoms with Crippen LogP contribution in [0.25, 0.3) is 22.0 Å². The van der Waals surface area contributed by atoms with Gasteiger partial charge in [-0.2, -0.15) is 0 Å². The maximum Gasteiger partial charge on any atom is 0.156 e. The Bertz CT molecular complexity index is 829. The van der Waals surface area contributed by atoms with Crippen LogP contribution >= 0.6 is 0 Å². The Labute approximate surface area is 122 Å². The largest absolute Gasteiger partial charge is 0.492 e. The third kappa shape index (κ3) is 1.83. The monoisotopic (exact) mass is 277 g/mol. The quantitative estimate of drug-likeness (QED) is 0.781. The van der Waals surface area contributed by atoms with Crippen molar-refractivity contribution in [2.45, 2.75) is 6.42 Å². The molecule has 0 amide bonds. The van der Waals surface area contributed by atoms with E-state index in [1.165, 1.54) is 5.56 Å². The van der Waals surface area contributed by atoms with Gasteiger partial charge in [0.1, 0.15) is 11.4 Å². The van der Waals surface area contributed by atoms with Crippen LogP contribution in [0.1, 0.15) is 5.56 Å². The molecule has 1 aliphatic rings. The first-order valence-corrected chi connectivity index (χ1v) is 7.06. The normalized spacial score (nSPS) is 13.0. The maximum atomic E-state index is 5.81. The van der Waals surface area contributed by atoms with Gasteiger partial charge in [0.25, 0.3) is 0 Å². The zero-order valence-corrected chi connectivity index (χ0v) is 11.8. The van der Waals surface area contributed by atoms with Crippen LogP contribution in [-0.2, 0) is 6.42 Å². The van der Waals surface area contributed by atoms with E-state index in [1.807, 2.05) is 19.2 Å². The minimum absolute atomic E-state index is 0.742. The summed E-state index contributed by atoms with van der Waals surface area (Å²) in [6, 6.07) is 14.4. The van der Waals surface area contributed by atoms with Gasteiger partial charge in [0.15, 0.2) is 5.82 Å². The zero-order chi connectivity index (χ0) is 14.2. The van der Waals surface area contributed by atoms with Gasteiger partial charge in [-0.15, -0.1) is 10.2 Å². The molecule has 2 aromatic carbocycles. The summed E-state index contributed by atoms with van der Waals surface area (Å²) in [6.07, 6.45) is 0.961. The van der Waals surface area contributed by atoms with E-state index in [0.29, 0.717) is 0 Å². The lowest BCUT2D eigenvalue weighted by Crippen LogP contribution is -1.99. The van der Waals surface area contributed by atoms with Crippen LogP contribution in [0.3, 0.4) is 0 Å². The minimum atomic E-state index is 0.742. The molecule has 0 saturated heterocycles. The van der Waals surface area contributed by atoms with Crippen molar-refractivity contribution in [2.75, 3.05) is 19.0 Å². The van der Waals surface area contributed by atoms with Crippen molar-refractivity contribution in [1.29, 1.82) is 0 Å². The number of nitrogens with zero attached hydrogens (tertiary/aromatic N) is 2. The topological polar surface area (TPSA) is 47.0 Å². The fourth-order valence-corrected chi connectivity index (χ4v) is 2.89. The number of hydrogen-bond acceptors (Lipinski definition) is 4. The van der Waals surface area contributed by atoms with Gasteiger partial charge in [-0.1, -0.05) is 36.4 Å². The molecule has 0 saturated carbocycles. The van der Waals surface area contributed by atoms with Crippen LogP contribution in [0, 0.1) is 0 Å². The summed E-state index contributed by atoms with van der Waals surface area (Å²) in [5, 5.41) is 14.0. The summed E-state index contributed by atoms with van der Waals surface area (Å²) >= 11 is 0. The van der Waals surface area contributed by atoms with Crippen molar-refractivity contribution < 1.29 is 4.74 Å². The average molecular weight is 277 g/mol. The van der Waals surface area contributed by atoms with Gasteiger partial charge >= 0.3 is 0 Å². The van der Waals surface area contributed by atoms with Gasteiger partial charge in [0.05, 0.1) is 6.61 Å². The van der Waals surface area contributed by atoms with Gasteiger partial charge in [-0.3, -0.25) is 0 Å². The Morgan fingerprint density at radius 2 is 1.86 bits per heavy atom. The Balaban J connectivity index is 2.02. The highest BCUT2D eigenvalue weighted by atomic mass is 16.5. The fourth-order valence-electron chi connectivity index (χ4n) is 2.89. The SMILES string of the molecule is CNc1nnc(-c2cccc3c2OCC3)c2ccccc12. The number of hydrogen-bond donors (Lipinski definition) is 1. The molecule has 4 nitrogen and oxygen atoms in total. The lowest BCUT2D eigenvalue weighted by atomic mass is 10.0. The number of rotatable bonds is 2. The molecule has 0 aliphatic carbocycles. The smallest absolute Gasteiger partial charge is 0.156 e. The third-order valence-electron chi connectivity index (χ3n) is 3.89. The summed E-state index contributed by atoms with van der Waals surface area (Å²) in [7, 11) is 1.86. The van der Waals surface area contributed by atoms with Crippen molar-refractivity contribution in [3.63, 3.8) is 0 Å². The van der Waals surface area contributed by atoms with Crippen LogP contribution in [0.5, 0.6) is 5.75 Å². The summed E-state index contributed by atoms with van der Waals surface area (Å²) in [6.45, 7) is 0.742. The number of anilines is 1. The van der Waals surface area contributed by atoms with Crippen LogP contribution < -0.4 is 10.1 Å². The van der Waals surface area contributed by atoms with Crippen LogP contribution in [0.15, 0.2) is 42.5 Å². The lowest BCUT2D eigenvalue weighted by Gasteiger charge is -2.11. The maximum absolute atomic E-state index is 5.81. The molecule has 3 aromatic rings. The number of para-hydroxylation sites is 1. The summed E-state index contributed by atoms with van der Waals surface area (Å²) in [4.78, 5) is 0. The van der Waals surface area contributed by atoms with E-state index in [1.54, 1.807) is 0 Å². The fraction of sp³-hybridized carbons (Fsp3) is 0.176. The van der Waals surface area contributed by atoms with Crippen molar-refractivity contribution in [3.05, 3.63) is 48.0 Å². The second kappa shape index (κ2) is 4.74. The highest BCUT2D eigenvalue weighted by molar-refractivity contribution is 6.01. The predicted molar refractivity (Wildman–Crippen MR) is 83.7 cm³/mol. The van der Waals surface area contributed by atoms with E-state index in [-0.39, 0.29) is 0 Å². The van der Waals surface area contributed by atoms with E-state index in [4.69, 9.17) is 4.74 Å². The molecule has 1 aliphatic heterocycles. The van der Waals surface area contributed by atoms with Crippen molar-refractivity contribution in [2.24, 2.45) is 0 Å². The van der Waals surface area contributed by atoms with Gasteiger partial charge in [-0.05, 0) is 11.6 Å². The number of aromatic nitrogens is 2. The Kier molecular flexibility index (Phi) is 2.74. The molecule has 21 heavy (non-hydrogen) atoms. The van der Waals surface area contributed by atoms with Crippen LogP contribution in [0.4, 0.5) is 5.82 Å². The molecular formula is C17H15N3O. The number of benzene rings is 2. The zero-order valence-electron chi connectivity index (χ0n) is 11.8. The highest BCUT2D eigenvalue weighted by Gasteiger charge is 2.20. The molecule has 2 heterocycles. The van der Waals surface area contributed by atoms with Crippen molar-refractivity contribution >= 4 is 16.6 Å². The second-order valence-electron chi connectivity index (χ2n) is 5.09. The first-order valence-electron chi connectivity index (χ1n) is 7.06. The lowest BCUT2D eigenvalue weighted by molar-refractivity contribution is 0.358. The molecule has 0 unspecified atom stereocenters. The molecule has 1 N–H and O–H groups in total. The molecule has 0 fully saturated rings. The standard InChI is InChI=1S/C17H15N3O/c1-18-17-13-7-3-2-6-12(13)15(19-20-17)14-8-4-5-11-9-10-21-16(11)14/h2-8H,9-10H2,1H3,(H,18,20). The molecule has 0 spiro atoms. The Morgan fingerprint density at radius 3 is 2.71 bits per heavy atom. The number of fused-ring (bicyclic) bond motifs is 2. The minimum Gasteiger partial charge on any atom is -0.492 e. The number of nitrogens with one attached hydrogen (secondary N) is 1.